The lowest BCUT2D eigenvalue weighted by atomic mass is 10.0. The molecule has 6 nitrogen and oxygen atoms in total. The van der Waals surface area contributed by atoms with Crippen molar-refractivity contribution in [3.63, 3.8) is 0 Å². The van der Waals surface area contributed by atoms with Crippen molar-refractivity contribution in [1.29, 1.82) is 0 Å². The van der Waals surface area contributed by atoms with Crippen LogP contribution in [0, 0.1) is 0 Å². The van der Waals surface area contributed by atoms with Gasteiger partial charge in [-0.25, -0.2) is 9.59 Å². The highest BCUT2D eigenvalue weighted by atomic mass is 35.5. The largest absolute Gasteiger partial charge is 0.482 e. The van der Waals surface area contributed by atoms with Crippen LogP contribution in [0.1, 0.15) is 25.0 Å². The van der Waals surface area contributed by atoms with Gasteiger partial charge in [0.2, 0.25) is 0 Å². The Morgan fingerprint density at radius 2 is 1.48 bits per heavy atom. The fourth-order valence-electron chi connectivity index (χ4n) is 2.28. The summed E-state index contributed by atoms with van der Waals surface area (Å²) in [6.07, 6.45) is 0.251. The molecule has 0 amide bonds. The average Bonchev–Trinajstić information content (AvgIpc) is 2.56. The summed E-state index contributed by atoms with van der Waals surface area (Å²) in [6.45, 7) is 2.38. The van der Waals surface area contributed by atoms with Gasteiger partial charge in [-0.1, -0.05) is 23.2 Å². The summed E-state index contributed by atoms with van der Waals surface area (Å²) < 4.78 is 11.0. The van der Waals surface area contributed by atoms with Gasteiger partial charge in [0.05, 0.1) is 0 Å². The van der Waals surface area contributed by atoms with Crippen molar-refractivity contribution in [1.82, 2.24) is 0 Å². The molecule has 8 heteroatoms. The predicted molar refractivity (Wildman–Crippen MR) is 101 cm³/mol. The second-order valence-electron chi connectivity index (χ2n) is 6.28. The number of ether oxygens (including phenoxy) is 2. The first-order valence-electron chi connectivity index (χ1n) is 7.92. The Morgan fingerprint density at radius 1 is 0.963 bits per heavy atom. The van der Waals surface area contributed by atoms with Crippen LogP contribution >= 0.6 is 23.2 Å². The van der Waals surface area contributed by atoms with Crippen molar-refractivity contribution in [2.75, 3.05) is 6.61 Å². The van der Waals surface area contributed by atoms with Crippen LogP contribution in [-0.2, 0) is 16.0 Å². The van der Waals surface area contributed by atoms with E-state index in [1.165, 1.54) is 13.8 Å². The third kappa shape index (κ3) is 5.77. The van der Waals surface area contributed by atoms with Crippen LogP contribution in [0.3, 0.4) is 0 Å². The molecule has 2 aromatic rings. The maximum absolute atomic E-state index is 11.4. The summed E-state index contributed by atoms with van der Waals surface area (Å²) in [5.41, 5.74) is -0.220. The minimum absolute atomic E-state index is 0.251. The fourth-order valence-corrected chi connectivity index (χ4v) is 2.67. The van der Waals surface area contributed by atoms with Crippen LogP contribution in [0.15, 0.2) is 36.4 Å². The third-order valence-electron chi connectivity index (χ3n) is 3.66. The average molecular weight is 413 g/mol. The summed E-state index contributed by atoms with van der Waals surface area (Å²) in [6, 6.07) is 9.64. The zero-order valence-corrected chi connectivity index (χ0v) is 16.2. The van der Waals surface area contributed by atoms with E-state index in [0.717, 1.165) is 0 Å². The van der Waals surface area contributed by atoms with Crippen LogP contribution in [0.4, 0.5) is 0 Å². The van der Waals surface area contributed by atoms with E-state index >= 15 is 0 Å². The Kier molecular flexibility index (Phi) is 6.57. The predicted octanol–water partition coefficient (Wildman–Crippen LogP) is 4.29. The Bertz CT molecular complexity index is 863. The molecular weight excluding hydrogens is 395 g/mol. The molecule has 0 bridgehead atoms. The molecule has 0 aliphatic rings. The molecule has 2 N–H and O–H groups in total. The van der Waals surface area contributed by atoms with E-state index in [0.29, 0.717) is 32.7 Å². The first-order valence-corrected chi connectivity index (χ1v) is 8.68. The van der Waals surface area contributed by atoms with Crippen molar-refractivity contribution in [3.05, 3.63) is 57.6 Å². The monoisotopic (exact) mass is 412 g/mol. The molecule has 0 spiro atoms. The zero-order valence-electron chi connectivity index (χ0n) is 14.7. The van der Waals surface area contributed by atoms with Gasteiger partial charge in [-0.2, -0.15) is 0 Å². The van der Waals surface area contributed by atoms with Crippen LogP contribution in [0.5, 0.6) is 11.5 Å². The van der Waals surface area contributed by atoms with Gasteiger partial charge in [0.15, 0.2) is 12.2 Å². The molecule has 0 heterocycles. The Hall–Kier alpha value is -2.44. The second kappa shape index (κ2) is 8.50. The number of carboxylic acids is 2. The third-order valence-corrected chi connectivity index (χ3v) is 4.13. The molecule has 0 unspecified atom stereocenters. The highest BCUT2D eigenvalue weighted by molar-refractivity contribution is 6.31. The molecule has 0 aromatic heterocycles. The zero-order chi connectivity index (χ0) is 20.2. The molecule has 0 fully saturated rings. The topological polar surface area (TPSA) is 93.1 Å². The first kappa shape index (κ1) is 20.9. The molecule has 144 valence electrons. The number of benzene rings is 2. The standard InChI is InChI=1S/C19H18Cl2O6/c1-19(2,18(24)25)27-16-6-4-14(21)9-12(16)7-11-8-13(20)3-5-15(11)26-10-17(22)23/h3-6,8-9H,7,10H2,1-2H3,(H,22,23)(H,24,25). The molecular formula is C19H18Cl2O6. The first-order chi connectivity index (χ1) is 12.6. The highest BCUT2D eigenvalue weighted by Crippen LogP contribution is 2.32. The van der Waals surface area contributed by atoms with Gasteiger partial charge in [-0.3, -0.25) is 0 Å². The van der Waals surface area contributed by atoms with Gasteiger partial charge in [-0.05, 0) is 50.2 Å². The molecule has 2 rings (SSSR count). The molecule has 0 atom stereocenters. The number of hydrogen-bond donors (Lipinski definition) is 2. The van der Waals surface area contributed by atoms with E-state index < -0.39 is 24.1 Å². The highest BCUT2D eigenvalue weighted by Gasteiger charge is 2.30. The normalized spacial score (nSPS) is 11.1. The Morgan fingerprint density at radius 3 is 2.00 bits per heavy atom. The van der Waals surface area contributed by atoms with Crippen LogP contribution < -0.4 is 9.47 Å². The van der Waals surface area contributed by atoms with E-state index in [1.807, 2.05) is 0 Å². The smallest absolute Gasteiger partial charge is 0.347 e. The number of carboxylic acid groups (broad SMARTS) is 2. The summed E-state index contributed by atoms with van der Waals surface area (Å²) in [5, 5.41) is 19.0. The molecule has 27 heavy (non-hydrogen) atoms. The minimum Gasteiger partial charge on any atom is -0.482 e. The molecule has 0 aliphatic heterocycles. The maximum atomic E-state index is 11.4. The summed E-state index contributed by atoms with van der Waals surface area (Å²) >= 11 is 12.1. The lowest BCUT2D eigenvalue weighted by Gasteiger charge is -2.24. The van der Waals surface area contributed by atoms with E-state index in [9.17, 15) is 14.7 Å². The number of carbonyl (C=O) groups is 2. The maximum Gasteiger partial charge on any atom is 0.347 e. The minimum atomic E-state index is -1.44. The lowest BCUT2D eigenvalue weighted by Crippen LogP contribution is -2.38. The van der Waals surface area contributed by atoms with E-state index in [2.05, 4.69) is 0 Å². The fraction of sp³-hybridized carbons (Fsp3) is 0.263. The molecule has 0 radical (unpaired) electrons. The van der Waals surface area contributed by atoms with E-state index in [1.54, 1.807) is 36.4 Å². The van der Waals surface area contributed by atoms with Gasteiger partial charge in [0.1, 0.15) is 11.5 Å². The van der Waals surface area contributed by atoms with Gasteiger partial charge in [0, 0.05) is 27.6 Å². The number of rotatable bonds is 8. The summed E-state index contributed by atoms with van der Waals surface area (Å²) in [4.78, 5) is 22.1. The molecule has 0 aliphatic carbocycles. The van der Waals surface area contributed by atoms with Crippen molar-refractivity contribution in [2.24, 2.45) is 0 Å². The van der Waals surface area contributed by atoms with E-state index in [4.69, 9.17) is 37.8 Å². The van der Waals surface area contributed by atoms with Crippen LogP contribution in [0.25, 0.3) is 0 Å². The van der Waals surface area contributed by atoms with Crippen molar-refractivity contribution < 1.29 is 29.3 Å². The van der Waals surface area contributed by atoms with Gasteiger partial charge in [-0.15, -0.1) is 0 Å². The summed E-state index contributed by atoms with van der Waals surface area (Å²) in [7, 11) is 0. The summed E-state index contributed by atoms with van der Waals surface area (Å²) in [5.74, 6) is -1.52. The molecule has 2 aromatic carbocycles. The Labute approximate surface area is 166 Å². The van der Waals surface area contributed by atoms with E-state index in [-0.39, 0.29) is 6.42 Å². The van der Waals surface area contributed by atoms with Gasteiger partial charge < -0.3 is 19.7 Å². The van der Waals surface area contributed by atoms with Crippen LogP contribution in [-0.4, -0.2) is 34.4 Å². The Balaban J connectivity index is 2.39. The van der Waals surface area contributed by atoms with Crippen molar-refractivity contribution in [2.45, 2.75) is 25.9 Å². The second-order valence-corrected chi connectivity index (χ2v) is 7.15. The molecule has 0 saturated heterocycles. The van der Waals surface area contributed by atoms with Gasteiger partial charge in [0.25, 0.3) is 0 Å². The van der Waals surface area contributed by atoms with Crippen LogP contribution in [0.2, 0.25) is 10.0 Å². The van der Waals surface area contributed by atoms with Gasteiger partial charge >= 0.3 is 11.9 Å². The number of hydrogen-bond acceptors (Lipinski definition) is 4. The lowest BCUT2D eigenvalue weighted by molar-refractivity contribution is -0.152. The molecule has 0 saturated carbocycles. The quantitative estimate of drug-likeness (QED) is 0.671. The SMILES string of the molecule is CC(C)(Oc1ccc(Cl)cc1Cc1cc(Cl)ccc1OCC(=O)O)C(=O)O. The number of halogens is 2. The van der Waals surface area contributed by atoms with Crippen molar-refractivity contribution in [3.8, 4) is 11.5 Å². The van der Waals surface area contributed by atoms with Crippen molar-refractivity contribution >= 4 is 35.1 Å². The number of aliphatic carboxylic acids is 2.